The van der Waals surface area contributed by atoms with Crippen LogP contribution in [0.4, 0.5) is 0 Å². The van der Waals surface area contributed by atoms with Gasteiger partial charge in [0.25, 0.3) is 0 Å². The molecule has 0 radical (unpaired) electrons. The van der Waals surface area contributed by atoms with E-state index in [0.717, 1.165) is 16.1 Å². The fraction of sp³-hybridized carbons (Fsp3) is 0.200. The van der Waals surface area contributed by atoms with Gasteiger partial charge in [-0.15, -0.1) is 0 Å². The van der Waals surface area contributed by atoms with Crippen LogP contribution in [-0.4, -0.2) is 10.1 Å². The molecule has 0 saturated heterocycles. The van der Waals surface area contributed by atoms with Crippen molar-refractivity contribution in [1.82, 2.24) is 15.6 Å². The summed E-state index contributed by atoms with van der Waals surface area (Å²) in [7, 11) is 0. The van der Waals surface area contributed by atoms with Crippen LogP contribution in [0.2, 0.25) is 5.02 Å². The van der Waals surface area contributed by atoms with Crippen molar-refractivity contribution in [3.05, 3.63) is 64.9 Å². The number of aromatic nitrogens is 1. The molecule has 1 aromatic heterocycles. The van der Waals surface area contributed by atoms with Gasteiger partial charge in [-0.2, -0.15) is 0 Å². The number of nitrogens with one attached hydrogen (secondary N) is 2. The monoisotopic (exact) mass is 305 g/mol. The lowest BCUT2D eigenvalue weighted by Gasteiger charge is -2.17. The molecule has 0 bridgehead atoms. The minimum Gasteiger partial charge on any atom is -0.359 e. The fourth-order valence-electron chi connectivity index (χ4n) is 1.77. The molecule has 0 aliphatic rings. The molecule has 1 unspecified atom stereocenters. The Labute approximate surface area is 129 Å². The number of hydrogen-bond acceptors (Lipinski definition) is 2. The maximum Gasteiger partial charge on any atom is 0.167 e. The third kappa shape index (κ3) is 4.47. The Kier molecular flexibility index (Phi) is 5.32. The average molecular weight is 306 g/mol. The number of halogens is 1. The van der Waals surface area contributed by atoms with E-state index in [1.165, 1.54) is 0 Å². The van der Waals surface area contributed by atoms with Gasteiger partial charge in [-0.1, -0.05) is 23.7 Å². The van der Waals surface area contributed by atoms with Gasteiger partial charge >= 0.3 is 0 Å². The lowest BCUT2D eigenvalue weighted by atomic mass is 10.1. The summed E-state index contributed by atoms with van der Waals surface area (Å²) in [4.78, 5) is 4.00. The molecule has 0 amide bonds. The van der Waals surface area contributed by atoms with Gasteiger partial charge in [-0.3, -0.25) is 4.98 Å². The van der Waals surface area contributed by atoms with Crippen molar-refractivity contribution in [2.24, 2.45) is 0 Å². The zero-order valence-corrected chi connectivity index (χ0v) is 12.7. The summed E-state index contributed by atoms with van der Waals surface area (Å²) in [5.74, 6) is 0. The first-order chi connectivity index (χ1) is 9.65. The van der Waals surface area contributed by atoms with Crippen molar-refractivity contribution < 1.29 is 0 Å². The van der Waals surface area contributed by atoms with Crippen molar-refractivity contribution in [2.75, 3.05) is 0 Å². The van der Waals surface area contributed by atoms with Gasteiger partial charge in [0.2, 0.25) is 0 Å². The van der Waals surface area contributed by atoms with Gasteiger partial charge in [0.15, 0.2) is 5.11 Å². The molecule has 1 heterocycles. The van der Waals surface area contributed by atoms with Crippen molar-refractivity contribution in [1.29, 1.82) is 0 Å². The van der Waals surface area contributed by atoms with E-state index in [0.29, 0.717) is 11.7 Å². The topological polar surface area (TPSA) is 37.0 Å². The highest BCUT2D eigenvalue weighted by Crippen LogP contribution is 2.11. The average Bonchev–Trinajstić information content (AvgIpc) is 2.47. The van der Waals surface area contributed by atoms with Crippen LogP contribution in [0.15, 0.2) is 48.8 Å². The first kappa shape index (κ1) is 14.8. The van der Waals surface area contributed by atoms with Gasteiger partial charge in [-0.05, 0) is 54.5 Å². The van der Waals surface area contributed by atoms with Crippen LogP contribution in [-0.2, 0) is 6.54 Å². The van der Waals surface area contributed by atoms with Crippen LogP contribution < -0.4 is 10.6 Å². The summed E-state index contributed by atoms with van der Waals surface area (Å²) in [6, 6.07) is 11.8. The smallest absolute Gasteiger partial charge is 0.167 e. The summed E-state index contributed by atoms with van der Waals surface area (Å²) >= 11 is 11.1. The molecule has 3 nitrogen and oxygen atoms in total. The lowest BCUT2D eigenvalue weighted by molar-refractivity contribution is 0.696. The molecule has 2 aromatic rings. The lowest BCUT2D eigenvalue weighted by Crippen LogP contribution is -2.36. The normalized spacial score (nSPS) is 11.7. The molecule has 20 heavy (non-hydrogen) atoms. The molecule has 2 N–H and O–H groups in total. The Morgan fingerprint density at radius 1 is 1.20 bits per heavy atom. The zero-order valence-electron chi connectivity index (χ0n) is 11.1. The predicted molar refractivity (Wildman–Crippen MR) is 86.7 cm³/mol. The Morgan fingerprint density at radius 2 is 1.85 bits per heavy atom. The SMILES string of the molecule is CC(NC(=S)NCc1ccc(Cl)cc1)c1ccncc1. The number of thiocarbonyl (C=S) groups is 1. The van der Waals surface area contributed by atoms with Crippen LogP contribution in [0.25, 0.3) is 0 Å². The molecule has 0 fully saturated rings. The standard InChI is InChI=1S/C15H16ClN3S/c1-11(13-6-8-17-9-7-13)19-15(20)18-10-12-2-4-14(16)5-3-12/h2-9,11H,10H2,1H3,(H2,18,19,20). The van der Waals surface area contributed by atoms with Crippen LogP contribution in [0.1, 0.15) is 24.1 Å². The van der Waals surface area contributed by atoms with Crippen molar-refractivity contribution in [3.8, 4) is 0 Å². The van der Waals surface area contributed by atoms with Crippen molar-refractivity contribution >= 4 is 28.9 Å². The molecule has 104 valence electrons. The second kappa shape index (κ2) is 7.22. The summed E-state index contributed by atoms with van der Waals surface area (Å²) in [5, 5.41) is 7.79. The Bertz CT molecular complexity index is 557. The number of rotatable bonds is 4. The highest BCUT2D eigenvalue weighted by atomic mass is 35.5. The third-order valence-electron chi connectivity index (χ3n) is 2.92. The molecule has 0 saturated carbocycles. The second-order valence-electron chi connectivity index (χ2n) is 4.46. The molecular weight excluding hydrogens is 290 g/mol. The molecular formula is C15H16ClN3S. The maximum absolute atomic E-state index is 5.85. The van der Waals surface area contributed by atoms with E-state index in [-0.39, 0.29) is 6.04 Å². The molecule has 1 atom stereocenters. The van der Waals surface area contributed by atoms with Gasteiger partial charge in [0.1, 0.15) is 0 Å². The van der Waals surface area contributed by atoms with E-state index in [2.05, 4.69) is 22.5 Å². The van der Waals surface area contributed by atoms with Crippen LogP contribution >= 0.6 is 23.8 Å². The molecule has 0 aliphatic heterocycles. The first-order valence-corrected chi connectivity index (χ1v) is 7.12. The number of hydrogen-bond donors (Lipinski definition) is 2. The highest BCUT2D eigenvalue weighted by molar-refractivity contribution is 7.80. The quantitative estimate of drug-likeness (QED) is 0.848. The Balaban J connectivity index is 1.82. The van der Waals surface area contributed by atoms with Crippen LogP contribution in [0.3, 0.4) is 0 Å². The van der Waals surface area contributed by atoms with Gasteiger partial charge in [0, 0.05) is 24.0 Å². The van der Waals surface area contributed by atoms with E-state index in [9.17, 15) is 0 Å². The van der Waals surface area contributed by atoms with Crippen LogP contribution in [0, 0.1) is 0 Å². The molecule has 0 spiro atoms. The number of pyridine rings is 1. The van der Waals surface area contributed by atoms with E-state index in [1.54, 1.807) is 12.4 Å². The number of nitrogens with zero attached hydrogens (tertiary/aromatic N) is 1. The molecule has 1 aromatic carbocycles. The second-order valence-corrected chi connectivity index (χ2v) is 5.30. The Morgan fingerprint density at radius 3 is 2.50 bits per heavy atom. The van der Waals surface area contributed by atoms with E-state index in [1.807, 2.05) is 36.4 Å². The van der Waals surface area contributed by atoms with Crippen LogP contribution in [0.5, 0.6) is 0 Å². The van der Waals surface area contributed by atoms with Gasteiger partial charge in [-0.25, -0.2) is 0 Å². The Hall–Kier alpha value is -1.65. The molecule has 2 rings (SSSR count). The molecule has 5 heteroatoms. The fourth-order valence-corrected chi connectivity index (χ4v) is 2.14. The minimum atomic E-state index is 0.142. The van der Waals surface area contributed by atoms with Gasteiger partial charge in [0.05, 0.1) is 6.04 Å². The summed E-state index contributed by atoms with van der Waals surface area (Å²) in [6.45, 7) is 2.73. The van der Waals surface area contributed by atoms with Crippen molar-refractivity contribution in [3.63, 3.8) is 0 Å². The van der Waals surface area contributed by atoms with Gasteiger partial charge < -0.3 is 10.6 Å². The third-order valence-corrected chi connectivity index (χ3v) is 3.43. The molecule has 0 aliphatic carbocycles. The highest BCUT2D eigenvalue weighted by Gasteiger charge is 2.06. The van der Waals surface area contributed by atoms with E-state index in [4.69, 9.17) is 23.8 Å². The van der Waals surface area contributed by atoms with Crippen molar-refractivity contribution in [2.45, 2.75) is 19.5 Å². The first-order valence-electron chi connectivity index (χ1n) is 6.34. The summed E-state index contributed by atoms with van der Waals surface area (Å²) in [5.41, 5.74) is 2.28. The summed E-state index contributed by atoms with van der Waals surface area (Å²) in [6.07, 6.45) is 3.55. The number of benzene rings is 1. The summed E-state index contributed by atoms with van der Waals surface area (Å²) < 4.78 is 0. The van der Waals surface area contributed by atoms with E-state index >= 15 is 0 Å². The van der Waals surface area contributed by atoms with E-state index < -0.39 is 0 Å². The predicted octanol–water partition coefficient (Wildman–Crippen LogP) is 3.46. The minimum absolute atomic E-state index is 0.142. The largest absolute Gasteiger partial charge is 0.359 e. The maximum atomic E-state index is 5.85. The zero-order chi connectivity index (χ0) is 14.4.